The number of esters is 1. The Kier molecular flexibility index (Phi) is 4.15. The van der Waals surface area contributed by atoms with E-state index in [1.54, 1.807) is 13.8 Å². The Labute approximate surface area is 93.8 Å². The highest BCUT2D eigenvalue weighted by molar-refractivity contribution is 6.22. The van der Waals surface area contributed by atoms with E-state index in [-0.39, 0.29) is 11.3 Å². The van der Waals surface area contributed by atoms with Crippen molar-refractivity contribution in [1.82, 2.24) is 4.90 Å². The van der Waals surface area contributed by atoms with Crippen LogP contribution in [0.1, 0.15) is 20.3 Å². The Morgan fingerprint density at radius 2 is 2.40 bits per heavy atom. The molecule has 0 aromatic rings. The average molecular weight is 232 g/mol. The van der Waals surface area contributed by atoms with E-state index in [0.29, 0.717) is 25.3 Å². The number of ether oxygens (including phenoxy) is 1. The van der Waals surface area contributed by atoms with Gasteiger partial charge in [0.05, 0.1) is 12.0 Å². The summed E-state index contributed by atoms with van der Waals surface area (Å²) in [6, 6.07) is 0. The summed E-state index contributed by atoms with van der Waals surface area (Å²) >= 11 is 5.84. The standard InChI is InChI=1S/C10H14ClNO3/c1-3-15-10(14)4-7(2)12-6-8(11)5-9(12)13/h4,8H,3,5-6H2,1-2H3. The van der Waals surface area contributed by atoms with E-state index in [2.05, 4.69) is 0 Å². The van der Waals surface area contributed by atoms with Gasteiger partial charge in [0.15, 0.2) is 0 Å². The van der Waals surface area contributed by atoms with E-state index in [9.17, 15) is 9.59 Å². The highest BCUT2D eigenvalue weighted by Gasteiger charge is 2.29. The molecule has 0 N–H and O–H groups in total. The molecule has 1 rings (SSSR count). The number of carbonyl (C=O) groups is 2. The van der Waals surface area contributed by atoms with Crippen LogP contribution in [0, 0.1) is 0 Å². The van der Waals surface area contributed by atoms with Crippen molar-refractivity contribution in [3.63, 3.8) is 0 Å². The van der Waals surface area contributed by atoms with Gasteiger partial charge in [-0.3, -0.25) is 4.79 Å². The molecule has 1 heterocycles. The van der Waals surface area contributed by atoms with Gasteiger partial charge in [0.25, 0.3) is 0 Å². The third kappa shape index (κ3) is 3.23. The number of amides is 1. The van der Waals surface area contributed by atoms with Crippen molar-refractivity contribution in [2.45, 2.75) is 25.6 Å². The van der Waals surface area contributed by atoms with Crippen molar-refractivity contribution in [3.8, 4) is 0 Å². The number of carbonyl (C=O) groups excluding carboxylic acids is 2. The largest absolute Gasteiger partial charge is 0.463 e. The van der Waals surface area contributed by atoms with Crippen molar-refractivity contribution in [2.75, 3.05) is 13.2 Å². The van der Waals surface area contributed by atoms with Crippen molar-refractivity contribution < 1.29 is 14.3 Å². The normalized spacial score (nSPS) is 22.1. The first kappa shape index (κ1) is 12.0. The van der Waals surface area contributed by atoms with Crippen LogP contribution in [0.2, 0.25) is 0 Å². The first-order valence-electron chi connectivity index (χ1n) is 4.84. The van der Waals surface area contributed by atoms with Crippen LogP contribution in [0.3, 0.4) is 0 Å². The van der Waals surface area contributed by atoms with Crippen molar-refractivity contribution in [3.05, 3.63) is 11.8 Å². The summed E-state index contributed by atoms with van der Waals surface area (Å²) in [6.45, 7) is 4.22. The van der Waals surface area contributed by atoms with Gasteiger partial charge in [-0.2, -0.15) is 0 Å². The second-order valence-corrected chi connectivity index (χ2v) is 3.96. The predicted octanol–water partition coefficient (Wildman–Crippen LogP) is 1.29. The Bertz CT molecular complexity index is 301. The molecule has 1 atom stereocenters. The molecule has 0 aliphatic carbocycles. The van der Waals surface area contributed by atoms with Crippen LogP contribution >= 0.6 is 11.6 Å². The van der Waals surface area contributed by atoms with Crippen LogP contribution in [0.4, 0.5) is 0 Å². The Morgan fingerprint density at radius 3 is 2.87 bits per heavy atom. The molecular weight excluding hydrogens is 218 g/mol. The molecule has 1 fully saturated rings. The Balaban J connectivity index is 2.63. The number of alkyl halides is 1. The molecule has 0 bridgehead atoms. The van der Waals surface area contributed by atoms with E-state index in [4.69, 9.17) is 16.3 Å². The minimum atomic E-state index is -0.430. The summed E-state index contributed by atoms with van der Waals surface area (Å²) in [6.07, 6.45) is 1.64. The molecule has 0 aromatic heterocycles. The van der Waals surface area contributed by atoms with E-state index in [1.807, 2.05) is 0 Å². The first-order valence-corrected chi connectivity index (χ1v) is 5.27. The van der Waals surface area contributed by atoms with Gasteiger partial charge in [0, 0.05) is 24.7 Å². The summed E-state index contributed by atoms with van der Waals surface area (Å²) < 4.78 is 4.75. The number of allylic oxidation sites excluding steroid dienone is 1. The fourth-order valence-corrected chi connectivity index (χ4v) is 1.71. The van der Waals surface area contributed by atoms with Gasteiger partial charge < -0.3 is 9.64 Å². The Morgan fingerprint density at radius 1 is 1.73 bits per heavy atom. The summed E-state index contributed by atoms with van der Waals surface area (Å²) in [4.78, 5) is 24.1. The van der Waals surface area contributed by atoms with E-state index in [0.717, 1.165) is 0 Å². The van der Waals surface area contributed by atoms with Crippen molar-refractivity contribution in [1.29, 1.82) is 0 Å². The van der Waals surface area contributed by atoms with Gasteiger partial charge in [0.1, 0.15) is 0 Å². The molecule has 0 radical (unpaired) electrons. The monoisotopic (exact) mass is 231 g/mol. The lowest BCUT2D eigenvalue weighted by Crippen LogP contribution is -2.24. The zero-order valence-corrected chi connectivity index (χ0v) is 9.58. The first-order chi connectivity index (χ1) is 7.04. The number of likely N-dealkylation sites (tertiary alicyclic amines) is 1. The molecule has 84 valence electrons. The van der Waals surface area contributed by atoms with Gasteiger partial charge in [-0.1, -0.05) is 0 Å². The third-order valence-electron chi connectivity index (χ3n) is 2.12. The number of rotatable bonds is 3. The summed E-state index contributed by atoms with van der Waals surface area (Å²) in [7, 11) is 0. The molecule has 1 aliphatic heterocycles. The lowest BCUT2D eigenvalue weighted by atomic mass is 10.4. The smallest absolute Gasteiger partial charge is 0.332 e. The van der Waals surface area contributed by atoms with Crippen LogP contribution in [0.25, 0.3) is 0 Å². The molecule has 4 nitrogen and oxygen atoms in total. The third-order valence-corrected chi connectivity index (χ3v) is 2.41. The summed E-state index contributed by atoms with van der Waals surface area (Å²) in [5.41, 5.74) is 0.585. The zero-order valence-electron chi connectivity index (χ0n) is 8.83. The summed E-state index contributed by atoms with van der Waals surface area (Å²) in [5.74, 6) is -0.478. The zero-order chi connectivity index (χ0) is 11.4. The highest BCUT2D eigenvalue weighted by Crippen LogP contribution is 2.20. The van der Waals surface area contributed by atoms with Crippen LogP contribution in [-0.4, -0.2) is 35.3 Å². The highest BCUT2D eigenvalue weighted by atomic mass is 35.5. The molecule has 5 heteroatoms. The minimum Gasteiger partial charge on any atom is -0.463 e. The maximum atomic E-state index is 11.4. The lowest BCUT2D eigenvalue weighted by molar-refractivity contribution is -0.137. The van der Waals surface area contributed by atoms with E-state index < -0.39 is 5.97 Å². The minimum absolute atomic E-state index is 0.0481. The van der Waals surface area contributed by atoms with Crippen molar-refractivity contribution in [2.24, 2.45) is 0 Å². The number of hydrogen-bond donors (Lipinski definition) is 0. The number of halogens is 1. The second-order valence-electron chi connectivity index (χ2n) is 3.34. The number of hydrogen-bond acceptors (Lipinski definition) is 3. The predicted molar refractivity (Wildman–Crippen MR) is 56.4 cm³/mol. The van der Waals surface area contributed by atoms with Gasteiger partial charge in [-0.15, -0.1) is 11.6 Å². The molecule has 0 aromatic carbocycles. The average Bonchev–Trinajstić information content (AvgIpc) is 2.45. The maximum absolute atomic E-state index is 11.4. The molecule has 15 heavy (non-hydrogen) atoms. The van der Waals surface area contributed by atoms with Gasteiger partial charge in [0.2, 0.25) is 5.91 Å². The summed E-state index contributed by atoms with van der Waals surface area (Å²) in [5, 5.41) is -0.164. The van der Waals surface area contributed by atoms with Gasteiger partial charge in [-0.05, 0) is 13.8 Å². The second kappa shape index (κ2) is 5.16. The SMILES string of the molecule is CCOC(=O)C=C(C)N1CC(Cl)CC1=O. The molecular formula is C10H14ClNO3. The van der Waals surface area contributed by atoms with Crippen LogP contribution < -0.4 is 0 Å². The Hall–Kier alpha value is -1.03. The van der Waals surface area contributed by atoms with Gasteiger partial charge >= 0.3 is 5.97 Å². The molecule has 0 spiro atoms. The van der Waals surface area contributed by atoms with E-state index in [1.165, 1.54) is 11.0 Å². The number of nitrogens with zero attached hydrogens (tertiary/aromatic N) is 1. The topological polar surface area (TPSA) is 46.6 Å². The molecule has 0 saturated carbocycles. The lowest BCUT2D eigenvalue weighted by Gasteiger charge is -2.15. The van der Waals surface area contributed by atoms with Crippen LogP contribution in [0.15, 0.2) is 11.8 Å². The van der Waals surface area contributed by atoms with Crippen LogP contribution in [0.5, 0.6) is 0 Å². The fraction of sp³-hybridized carbons (Fsp3) is 0.600. The van der Waals surface area contributed by atoms with E-state index >= 15 is 0 Å². The fourth-order valence-electron chi connectivity index (χ4n) is 1.44. The molecule has 1 saturated heterocycles. The molecule has 1 amide bonds. The quantitative estimate of drug-likeness (QED) is 0.418. The molecule has 1 unspecified atom stereocenters. The van der Waals surface area contributed by atoms with Gasteiger partial charge in [-0.25, -0.2) is 4.79 Å². The van der Waals surface area contributed by atoms with Crippen molar-refractivity contribution >= 4 is 23.5 Å². The molecule has 1 aliphatic rings. The maximum Gasteiger partial charge on any atom is 0.332 e. The van der Waals surface area contributed by atoms with Crippen LogP contribution in [-0.2, 0) is 14.3 Å².